The summed E-state index contributed by atoms with van der Waals surface area (Å²) in [6.07, 6.45) is 7.64. The van der Waals surface area contributed by atoms with E-state index in [0.29, 0.717) is 0 Å². The van der Waals surface area contributed by atoms with Crippen molar-refractivity contribution in [1.82, 2.24) is 9.88 Å². The predicted octanol–water partition coefficient (Wildman–Crippen LogP) is 4.52. The largest absolute Gasteiger partial charge is 0.367 e. The van der Waals surface area contributed by atoms with Crippen LogP contribution in [0.15, 0.2) is 54.9 Å². The number of fused-ring (bicyclic) bond motifs is 1. The Labute approximate surface area is 128 Å². The van der Waals surface area contributed by atoms with Gasteiger partial charge in [-0.3, -0.25) is 4.90 Å². The summed E-state index contributed by atoms with van der Waals surface area (Å²) < 4.78 is 1.39. The van der Waals surface area contributed by atoms with Gasteiger partial charge in [0.2, 0.25) is 0 Å². The maximum Gasteiger partial charge on any atom is 0.0349 e. The Morgan fingerprint density at radius 1 is 1.19 bits per heavy atom. The van der Waals surface area contributed by atoms with Gasteiger partial charge in [-0.1, -0.05) is 24.3 Å². The zero-order valence-corrected chi connectivity index (χ0v) is 12.7. The van der Waals surface area contributed by atoms with E-state index in [2.05, 4.69) is 58.6 Å². The molecule has 2 nitrogen and oxygen atoms in total. The quantitative estimate of drug-likeness (QED) is 0.752. The van der Waals surface area contributed by atoms with E-state index in [1.807, 2.05) is 17.5 Å². The number of hydrogen-bond donors (Lipinski definition) is 1. The molecule has 21 heavy (non-hydrogen) atoms. The highest BCUT2D eigenvalue weighted by Crippen LogP contribution is 2.33. The number of rotatable bonds is 3. The zero-order valence-electron chi connectivity index (χ0n) is 11.9. The summed E-state index contributed by atoms with van der Waals surface area (Å²) in [7, 11) is 0. The molecule has 0 saturated heterocycles. The molecule has 0 saturated carbocycles. The molecule has 3 heteroatoms. The molecule has 1 aliphatic rings. The second-order valence-electron chi connectivity index (χ2n) is 5.58. The molecule has 0 spiro atoms. The van der Waals surface area contributed by atoms with Gasteiger partial charge in [0.05, 0.1) is 0 Å². The highest BCUT2D eigenvalue weighted by molar-refractivity contribution is 7.20. The monoisotopic (exact) mass is 294 g/mol. The first-order valence-electron chi connectivity index (χ1n) is 7.40. The third-order valence-corrected chi connectivity index (χ3v) is 5.30. The van der Waals surface area contributed by atoms with E-state index >= 15 is 0 Å². The topological polar surface area (TPSA) is 19.0 Å². The molecule has 0 radical (unpaired) electrons. The minimum Gasteiger partial charge on any atom is -0.367 e. The summed E-state index contributed by atoms with van der Waals surface area (Å²) in [4.78, 5) is 7.07. The van der Waals surface area contributed by atoms with Gasteiger partial charge in [-0.2, -0.15) is 0 Å². The summed E-state index contributed by atoms with van der Waals surface area (Å²) in [5, 5.41) is 1.37. The zero-order chi connectivity index (χ0) is 14.1. The molecule has 1 aromatic carbocycles. The first-order valence-corrected chi connectivity index (χ1v) is 8.22. The molecular formula is C18H18N2S. The Bertz CT molecular complexity index is 734. The fourth-order valence-corrected chi connectivity index (χ4v) is 4.06. The average molecular weight is 294 g/mol. The van der Waals surface area contributed by atoms with Crippen LogP contribution in [0, 0.1) is 0 Å². The van der Waals surface area contributed by atoms with E-state index < -0.39 is 0 Å². The van der Waals surface area contributed by atoms with Gasteiger partial charge in [0, 0.05) is 41.6 Å². The third kappa shape index (κ3) is 2.67. The number of hydrogen-bond acceptors (Lipinski definition) is 2. The van der Waals surface area contributed by atoms with Gasteiger partial charge in [0.1, 0.15) is 0 Å². The summed E-state index contributed by atoms with van der Waals surface area (Å²) in [6, 6.07) is 13.2. The van der Waals surface area contributed by atoms with Gasteiger partial charge in [0.15, 0.2) is 0 Å². The Hall–Kier alpha value is -1.84. The fraction of sp³-hybridized carbons (Fsp3) is 0.222. The number of nitrogens with zero attached hydrogens (tertiary/aromatic N) is 1. The summed E-state index contributed by atoms with van der Waals surface area (Å²) >= 11 is 1.92. The van der Waals surface area contributed by atoms with Crippen molar-refractivity contribution in [2.45, 2.75) is 13.0 Å². The van der Waals surface area contributed by atoms with E-state index in [1.54, 1.807) is 0 Å². The minimum atomic E-state index is 1.04. The van der Waals surface area contributed by atoms with E-state index in [1.165, 1.54) is 26.1 Å². The van der Waals surface area contributed by atoms with Crippen molar-refractivity contribution in [1.29, 1.82) is 0 Å². The molecule has 1 aliphatic heterocycles. The molecule has 0 unspecified atom stereocenters. The smallest absolute Gasteiger partial charge is 0.0349 e. The van der Waals surface area contributed by atoms with Crippen LogP contribution < -0.4 is 0 Å². The Morgan fingerprint density at radius 2 is 2.14 bits per heavy atom. The van der Waals surface area contributed by atoms with Crippen molar-refractivity contribution in [3.8, 4) is 0 Å². The van der Waals surface area contributed by atoms with Crippen LogP contribution in [0.2, 0.25) is 0 Å². The van der Waals surface area contributed by atoms with Crippen molar-refractivity contribution in [3.63, 3.8) is 0 Å². The first-order chi connectivity index (χ1) is 10.4. The number of nitrogens with one attached hydrogen (secondary N) is 1. The maximum atomic E-state index is 3.13. The van der Waals surface area contributed by atoms with E-state index in [-0.39, 0.29) is 0 Å². The highest BCUT2D eigenvalue weighted by Gasteiger charge is 2.15. The van der Waals surface area contributed by atoms with Gasteiger partial charge < -0.3 is 4.98 Å². The second kappa shape index (κ2) is 5.51. The number of aromatic nitrogens is 1. The van der Waals surface area contributed by atoms with Crippen molar-refractivity contribution in [2.75, 3.05) is 13.1 Å². The summed E-state index contributed by atoms with van der Waals surface area (Å²) in [5.74, 6) is 0. The SMILES string of the molecule is C1=C(c2cc3ccccc3s2)CCN(Cc2cc[nH]c2)C1. The second-order valence-corrected chi connectivity index (χ2v) is 6.67. The van der Waals surface area contributed by atoms with E-state index in [0.717, 1.165) is 26.1 Å². The lowest BCUT2D eigenvalue weighted by atomic mass is 10.1. The minimum absolute atomic E-state index is 1.04. The van der Waals surface area contributed by atoms with Gasteiger partial charge in [-0.25, -0.2) is 0 Å². The number of thiophene rings is 1. The van der Waals surface area contributed by atoms with Gasteiger partial charge in [-0.15, -0.1) is 11.3 Å². The van der Waals surface area contributed by atoms with Gasteiger partial charge >= 0.3 is 0 Å². The van der Waals surface area contributed by atoms with Crippen LogP contribution in [-0.4, -0.2) is 23.0 Å². The lowest BCUT2D eigenvalue weighted by Gasteiger charge is -2.25. The normalized spacial score (nSPS) is 16.3. The lowest BCUT2D eigenvalue weighted by Crippen LogP contribution is -2.27. The molecule has 106 valence electrons. The third-order valence-electron chi connectivity index (χ3n) is 4.10. The van der Waals surface area contributed by atoms with Crippen LogP contribution in [0.1, 0.15) is 16.9 Å². The van der Waals surface area contributed by atoms with E-state index in [4.69, 9.17) is 0 Å². The van der Waals surface area contributed by atoms with Crippen LogP contribution in [0.25, 0.3) is 15.7 Å². The van der Waals surface area contributed by atoms with Crippen LogP contribution in [-0.2, 0) is 6.54 Å². The molecule has 0 aliphatic carbocycles. The molecule has 0 bridgehead atoms. The molecule has 3 heterocycles. The summed E-state index contributed by atoms with van der Waals surface area (Å²) in [6.45, 7) is 3.24. The Morgan fingerprint density at radius 3 is 2.90 bits per heavy atom. The summed E-state index contributed by atoms with van der Waals surface area (Å²) in [5.41, 5.74) is 2.88. The van der Waals surface area contributed by atoms with Gasteiger partial charge in [0.25, 0.3) is 0 Å². The molecule has 3 aromatic rings. The number of H-pyrrole nitrogens is 1. The van der Waals surface area contributed by atoms with Crippen molar-refractivity contribution >= 4 is 27.0 Å². The molecule has 4 rings (SSSR count). The Kier molecular flexibility index (Phi) is 3.37. The van der Waals surface area contributed by atoms with E-state index in [9.17, 15) is 0 Å². The molecule has 0 amide bonds. The molecule has 0 atom stereocenters. The molecule has 1 N–H and O–H groups in total. The average Bonchev–Trinajstić information content (AvgIpc) is 3.16. The molecular weight excluding hydrogens is 276 g/mol. The van der Waals surface area contributed by atoms with Crippen molar-refractivity contribution in [2.24, 2.45) is 0 Å². The van der Waals surface area contributed by atoms with Crippen LogP contribution >= 0.6 is 11.3 Å². The van der Waals surface area contributed by atoms with Gasteiger partial charge in [-0.05, 0) is 41.1 Å². The Balaban J connectivity index is 1.51. The number of aromatic amines is 1. The van der Waals surface area contributed by atoms with Crippen LogP contribution in [0.5, 0.6) is 0 Å². The maximum absolute atomic E-state index is 3.13. The van der Waals surface area contributed by atoms with Crippen LogP contribution in [0.3, 0.4) is 0 Å². The van der Waals surface area contributed by atoms with Crippen molar-refractivity contribution in [3.05, 3.63) is 65.3 Å². The first kappa shape index (κ1) is 12.9. The van der Waals surface area contributed by atoms with Crippen molar-refractivity contribution < 1.29 is 0 Å². The molecule has 0 fully saturated rings. The number of benzene rings is 1. The predicted molar refractivity (Wildman–Crippen MR) is 90.5 cm³/mol. The highest BCUT2D eigenvalue weighted by atomic mass is 32.1. The lowest BCUT2D eigenvalue weighted by molar-refractivity contribution is 0.294. The molecule has 2 aromatic heterocycles. The van der Waals surface area contributed by atoms with Crippen LogP contribution in [0.4, 0.5) is 0 Å². The standard InChI is InChI=1S/C18H18N2S/c1-2-4-17-16(3-1)11-18(21-17)15-6-9-20(10-7-15)13-14-5-8-19-12-14/h1-6,8,11-12,19H,7,9-10,13H2. The fourth-order valence-electron chi connectivity index (χ4n) is 2.93.